The molecule has 0 spiro atoms. The SMILES string of the molecule is CO[Si](Cc1ccc(OCC2CO2)cc1)(OC)OC. The number of hydrogen-bond donors (Lipinski definition) is 0. The standard InChI is InChI=1S/C13H20O5Si/c1-14-19(15-2,16-3)10-11-4-6-12(7-5-11)17-8-13-9-18-13/h4-7,13H,8-10H2,1-3H3. The molecule has 0 bridgehead atoms. The molecule has 0 aromatic heterocycles. The number of benzene rings is 1. The highest BCUT2D eigenvalue weighted by atomic mass is 28.4. The van der Waals surface area contributed by atoms with Gasteiger partial charge in [0.2, 0.25) is 0 Å². The van der Waals surface area contributed by atoms with Crippen LogP contribution < -0.4 is 4.74 Å². The summed E-state index contributed by atoms with van der Waals surface area (Å²) in [6.07, 6.45) is 0.273. The average Bonchev–Trinajstić information content (AvgIpc) is 3.28. The Hall–Kier alpha value is -0.923. The van der Waals surface area contributed by atoms with Crippen LogP contribution in [0.1, 0.15) is 5.56 Å². The van der Waals surface area contributed by atoms with Crippen LogP contribution in [0.25, 0.3) is 0 Å². The largest absolute Gasteiger partial charge is 0.504 e. The predicted octanol–water partition coefficient (Wildman–Crippen LogP) is 1.42. The van der Waals surface area contributed by atoms with Gasteiger partial charge in [-0.3, -0.25) is 0 Å². The van der Waals surface area contributed by atoms with Gasteiger partial charge in [0.05, 0.1) is 6.61 Å². The highest BCUT2D eigenvalue weighted by Gasteiger charge is 2.37. The van der Waals surface area contributed by atoms with Crippen LogP contribution in [0.4, 0.5) is 0 Å². The lowest BCUT2D eigenvalue weighted by Gasteiger charge is -2.24. The molecule has 1 aromatic carbocycles. The summed E-state index contributed by atoms with van der Waals surface area (Å²) >= 11 is 0. The van der Waals surface area contributed by atoms with E-state index in [2.05, 4.69) is 0 Å². The van der Waals surface area contributed by atoms with Crippen LogP contribution in [0.3, 0.4) is 0 Å². The summed E-state index contributed by atoms with van der Waals surface area (Å²) < 4.78 is 26.9. The molecule has 1 atom stereocenters. The van der Waals surface area contributed by atoms with E-state index in [4.69, 9.17) is 22.8 Å². The molecule has 19 heavy (non-hydrogen) atoms. The Morgan fingerprint density at radius 3 is 2.16 bits per heavy atom. The van der Waals surface area contributed by atoms with Crippen molar-refractivity contribution in [2.45, 2.75) is 12.1 Å². The second kappa shape index (κ2) is 6.49. The molecule has 2 rings (SSSR count). The van der Waals surface area contributed by atoms with Crippen molar-refractivity contribution in [3.63, 3.8) is 0 Å². The Morgan fingerprint density at radius 1 is 1.11 bits per heavy atom. The Morgan fingerprint density at radius 2 is 1.68 bits per heavy atom. The van der Waals surface area contributed by atoms with Crippen molar-refractivity contribution in [3.05, 3.63) is 29.8 Å². The smallest absolute Gasteiger partial charge is 0.491 e. The van der Waals surface area contributed by atoms with E-state index in [1.165, 1.54) is 0 Å². The van der Waals surface area contributed by atoms with Gasteiger partial charge in [0.15, 0.2) is 0 Å². The summed E-state index contributed by atoms with van der Waals surface area (Å²) in [7, 11) is 2.29. The van der Waals surface area contributed by atoms with Crippen molar-refractivity contribution < 1.29 is 22.8 Å². The molecule has 0 aliphatic carbocycles. The van der Waals surface area contributed by atoms with Crippen LogP contribution in [0.15, 0.2) is 24.3 Å². The van der Waals surface area contributed by atoms with E-state index in [0.717, 1.165) is 17.9 Å². The van der Waals surface area contributed by atoms with Gasteiger partial charge in [-0.1, -0.05) is 12.1 Å². The molecular formula is C13H20O5Si. The molecular weight excluding hydrogens is 264 g/mol. The molecule has 0 saturated carbocycles. The average molecular weight is 284 g/mol. The maximum Gasteiger partial charge on any atom is 0.504 e. The highest BCUT2D eigenvalue weighted by molar-refractivity contribution is 6.60. The summed E-state index contributed by atoms with van der Waals surface area (Å²) in [4.78, 5) is 0. The third-order valence-corrected chi connectivity index (χ3v) is 5.82. The van der Waals surface area contributed by atoms with Gasteiger partial charge < -0.3 is 22.8 Å². The second-order valence-electron chi connectivity index (χ2n) is 4.38. The monoisotopic (exact) mass is 284 g/mol. The van der Waals surface area contributed by atoms with Gasteiger partial charge in [0, 0.05) is 27.4 Å². The number of rotatable bonds is 8. The van der Waals surface area contributed by atoms with Gasteiger partial charge in [0.25, 0.3) is 0 Å². The van der Waals surface area contributed by atoms with E-state index >= 15 is 0 Å². The third kappa shape index (κ3) is 4.02. The quantitative estimate of drug-likeness (QED) is 0.534. The minimum absolute atomic E-state index is 0.273. The number of hydrogen-bond acceptors (Lipinski definition) is 5. The molecule has 1 fully saturated rings. The zero-order valence-electron chi connectivity index (χ0n) is 11.5. The maximum absolute atomic E-state index is 5.59. The fraction of sp³-hybridized carbons (Fsp3) is 0.538. The Bertz CT molecular complexity index is 378. The Kier molecular flexibility index (Phi) is 4.95. The first-order valence-corrected chi connectivity index (χ1v) is 8.13. The van der Waals surface area contributed by atoms with Gasteiger partial charge >= 0.3 is 8.80 Å². The molecule has 1 aliphatic heterocycles. The van der Waals surface area contributed by atoms with Crippen molar-refractivity contribution >= 4 is 8.80 Å². The molecule has 0 amide bonds. The van der Waals surface area contributed by atoms with Crippen molar-refractivity contribution in [1.29, 1.82) is 0 Å². The van der Waals surface area contributed by atoms with Gasteiger partial charge in [-0.2, -0.15) is 0 Å². The topological polar surface area (TPSA) is 49.5 Å². The lowest BCUT2D eigenvalue weighted by atomic mass is 10.2. The molecule has 1 heterocycles. The van der Waals surface area contributed by atoms with Crippen LogP contribution in [-0.2, 0) is 24.1 Å². The predicted molar refractivity (Wildman–Crippen MR) is 72.2 cm³/mol. The van der Waals surface area contributed by atoms with Crippen molar-refractivity contribution in [3.8, 4) is 5.75 Å². The van der Waals surface area contributed by atoms with Gasteiger partial charge in [-0.15, -0.1) is 0 Å². The lowest BCUT2D eigenvalue weighted by Crippen LogP contribution is -2.45. The van der Waals surface area contributed by atoms with E-state index < -0.39 is 8.80 Å². The first-order chi connectivity index (χ1) is 9.21. The normalized spacial score (nSPS) is 18.4. The van der Waals surface area contributed by atoms with Crippen LogP contribution in [0.5, 0.6) is 5.75 Å². The van der Waals surface area contributed by atoms with Crippen LogP contribution in [0, 0.1) is 0 Å². The summed E-state index contributed by atoms with van der Waals surface area (Å²) in [5.74, 6) is 0.846. The van der Waals surface area contributed by atoms with Crippen molar-refractivity contribution in [1.82, 2.24) is 0 Å². The van der Waals surface area contributed by atoms with Gasteiger partial charge in [0.1, 0.15) is 18.5 Å². The minimum Gasteiger partial charge on any atom is -0.491 e. The number of ether oxygens (including phenoxy) is 2. The lowest BCUT2D eigenvalue weighted by molar-refractivity contribution is 0.122. The fourth-order valence-corrected chi connectivity index (χ4v) is 3.44. The molecule has 1 aromatic rings. The summed E-state index contributed by atoms with van der Waals surface area (Å²) in [5, 5.41) is 0. The summed E-state index contributed by atoms with van der Waals surface area (Å²) in [6, 6.07) is 8.53. The molecule has 0 N–H and O–H groups in total. The fourth-order valence-electron chi connectivity index (χ4n) is 1.77. The number of epoxide rings is 1. The Labute approximate surface area is 114 Å². The van der Waals surface area contributed by atoms with E-state index in [9.17, 15) is 0 Å². The summed E-state index contributed by atoms with van der Waals surface area (Å²) in [6.45, 7) is 1.42. The molecule has 1 aliphatic rings. The van der Waals surface area contributed by atoms with E-state index in [1.54, 1.807) is 21.3 Å². The molecule has 5 nitrogen and oxygen atoms in total. The van der Waals surface area contributed by atoms with E-state index in [1.807, 2.05) is 24.3 Å². The zero-order chi connectivity index (χ0) is 13.7. The molecule has 6 heteroatoms. The molecule has 1 saturated heterocycles. The summed E-state index contributed by atoms with van der Waals surface area (Å²) in [5.41, 5.74) is 1.10. The van der Waals surface area contributed by atoms with E-state index in [0.29, 0.717) is 12.7 Å². The van der Waals surface area contributed by atoms with Crippen LogP contribution in [0.2, 0.25) is 0 Å². The van der Waals surface area contributed by atoms with Gasteiger partial charge in [-0.05, 0) is 17.7 Å². The molecule has 0 radical (unpaired) electrons. The first-order valence-electron chi connectivity index (χ1n) is 6.20. The molecule has 106 valence electrons. The molecule has 1 unspecified atom stereocenters. The van der Waals surface area contributed by atoms with Crippen molar-refractivity contribution in [2.24, 2.45) is 0 Å². The second-order valence-corrected chi connectivity index (χ2v) is 7.33. The van der Waals surface area contributed by atoms with Gasteiger partial charge in [-0.25, -0.2) is 0 Å². The van der Waals surface area contributed by atoms with Crippen LogP contribution >= 0.6 is 0 Å². The van der Waals surface area contributed by atoms with E-state index in [-0.39, 0.29) is 6.10 Å². The zero-order valence-corrected chi connectivity index (χ0v) is 12.5. The first kappa shape index (κ1) is 14.5. The Balaban J connectivity index is 1.92. The highest BCUT2D eigenvalue weighted by Crippen LogP contribution is 2.19. The van der Waals surface area contributed by atoms with Crippen LogP contribution in [-0.4, -0.2) is 49.5 Å². The van der Waals surface area contributed by atoms with Crippen molar-refractivity contribution in [2.75, 3.05) is 34.5 Å². The maximum atomic E-state index is 5.59. The minimum atomic E-state index is -2.56. The third-order valence-electron chi connectivity index (χ3n) is 3.12.